The van der Waals surface area contributed by atoms with Crippen LogP contribution in [0.25, 0.3) is 0 Å². The molecular formula is C13H18BrN3O. The summed E-state index contributed by atoms with van der Waals surface area (Å²) >= 11 is 3.33. The zero-order valence-electron chi connectivity index (χ0n) is 10.2. The third-order valence-electron chi connectivity index (χ3n) is 3.57. The van der Waals surface area contributed by atoms with Crippen LogP contribution >= 0.6 is 15.9 Å². The SMILES string of the molecule is NCC1CCC(C(=O)Nc2cccnc2Br)CC1. The van der Waals surface area contributed by atoms with Crippen LogP contribution in [-0.4, -0.2) is 17.4 Å². The van der Waals surface area contributed by atoms with Crippen LogP contribution in [0.15, 0.2) is 22.9 Å². The lowest BCUT2D eigenvalue weighted by atomic mass is 9.81. The minimum absolute atomic E-state index is 0.0965. The molecule has 3 N–H and O–H groups in total. The highest BCUT2D eigenvalue weighted by molar-refractivity contribution is 9.10. The van der Waals surface area contributed by atoms with Gasteiger partial charge < -0.3 is 11.1 Å². The number of pyridine rings is 1. The van der Waals surface area contributed by atoms with E-state index in [1.54, 1.807) is 6.20 Å². The lowest BCUT2D eigenvalue weighted by molar-refractivity contribution is -0.121. The van der Waals surface area contributed by atoms with Gasteiger partial charge in [-0.3, -0.25) is 4.79 Å². The van der Waals surface area contributed by atoms with E-state index in [9.17, 15) is 4.79 Å². The molecule has 0 spiro atoms. The molecule has 2 rings (SSSR count). The van der Waals surface area contributed by atoms with E-state index in [-0.39, 0.29) is 11.8 Å². The van der Waals surface area contributed by atoms with Crippen molar-refractivity contribution in [2.75, 3.05) is 11.9 Å². The second-order valence-electron chi connectivity index (χ2n) is 4.78. The standard InChI is InChI=1S/C13H18BrN3O/c14-12-11(2-1-7-16-12)17-13(18)10-5-3-9(8-15)4-6-10/h1-2,7,9-10H,3-6,8,15H2,(H,17,18). The number of aromatic nitrogens is 1. The van der Waals surface area contributed by atoms with Gasteiger partial charge in [0, 0.05) is 12.1 Å². The summed E-state index contributed by atoms with van der Waals surface area (Å²) < 4.78 is 0.675. The van der Waals surface area contributed by atoms with Crippen LogP contribution in [0.3, 0.4) is 0 Å². The largest absolute Gasteiger partial charge is 0.330 e. The van der Waals surface area contributed by atoms with Crippen molar-refractivity contribution in [2.24, 2.45) is 17.6 Å². The number of hydrogen-bond acceptors (Lipinski definition) is 3. The van der Waals surface area contributed by atoms with Gasteiger partial charge in [-0.25, -0.2) is 4.98 Å². The molecule has 1 aromatic rings. The van der Waals surface area contributed by atoms with Crippen molar-refractivity contribution in [1.82, 2.24) is 4.98 Å². The monoisotopic (exact) mass is 311 g/mol. The molecule has 1 saturated carbocycles. The first-order valence-electron chi connectivity index (χ1n) is 6.32. The van der Waals surface area contributed by atoms with Crippen LogP contribution in [0.4, 0.5) is 5.69 Å². The van der Waals surface area contributed by atoms with Crippen molar-refractivity contribution in [3.63, 3.8) is 0 Å². The van der Waals surface area contributed by atoms with Gasteiger partial charge in [-0.1, -0.05) is 0 Å². The molecule has 1 amide bonds. The number of nitrogens with zero attached hydrogens (tertiary/aromatic N) is 1. The Hall–Kier alpha value is -0.940. The van der Waals surface area contributed by atoms with Crippen LogP contribution in [0.1, 0.15) is 25.7 Å². The summed E-state index contributed by atoms with van der Waals surface area (Å²) in [7, 11) is 0. The molecular weight excluding hydrogens is 294 g/mol. The van der Waals surface area contributed by atoms with Gasteiger partial charge in [0.05, 0.1) is 5.69 Å². The first kappa shape index (κ1) is 13.5. The van der Waals surface area contributed by atoms with Crippen molar-refractivity contribution in [1.29, 1.82) is 0 Å². The molecule has 1 fully saturated rings. The number of hydrogen-bond donors (Lipinski definition) is 2. The average molecular weight is 312 g/mol. The second kappa shape index (κ2) is 6.29. The zero-order valence-corrected chi connectivity index (χ0v) is 11.8. The van der Waals surface area contributed by atoms with Gasteiger partial charge in [0.2, 0.25) is 5.91 Å². The Bertz CT molecular complexity index is 416. The number of carbonyl (C=O) groups excluding carboxylic acids is 1. The molecule has 98 valence electrons. The van der Waals surface area contributed by atoms with Gasteiger partial charge in [-0.05, 0) is 66.2 Å². The molecule has 4 nitrogen and oxygen atoms in total. The molecule has 5 heteroatoms. The topological polar surface area (TPSA) is 68.0 Å². The number of amides is 1. The van der Waals surface area contributed by atoms with Crippen LogP contribution in [0, 0.1) is 11.8 Å². The zero-order chi connectivity index (χ0) is 13.0. The number of rotatable bonds is 3. The summed E-state index contributed by atoms with van der Waals surface area (Å²) in [5.74, 6) is 0.804. The molecule has 1 aromatic heterocycles. The van der Waals surface area contributed by atoms with E-state index in [1.165, 1.54) is 0 Å². The summed E-state index contributed by atoms with van der Waals surface area (Å²) in [5, 5.41) is 2.93. The van der Waals surface area contributed by atoms with Gasteiger partial charge in [0.15, 0.2) is 0 Å². The van der Waals surface area contributed by atoms with E-state index in [2.05, 4.69) is 26.2 Å². The van der Waals surface area contributed by atoms with E-state index < -0.39 is 0 Å². The fourth-order valence-electron chi connectivity index (χ4n) is 2.37. The van der Waals surface area contributed by atoms with Crippen LogP contribution in [0.2, 0.25) is 0 Å². The van der Waals surface area contributed by atoms with E-state index in [4.69, 9.17) is 5.73 Å². The molecule has 0 radical (unpaired) electrons. The van der Waals surface area contributed by atoms with Gasteiger partial charge >= 0.3 is 0 Å². The Labute approximate surface area is 115 Å². The molecule has 0 aliphatic heterocycles. The lowest BCUT2D eigenvalue weighted by Crippen LogP contribution is -2.29. The quantitative estimate of drug-likeness (QED) is 0.843. The van der Waals surface area contributed by atoms with E-state index in [0.29, 0.717) is 10.5 Å². The van der Waals surface area contributed by atoms with Crippen LogP contribution in [-0.2, 0) is 4.79 Å². The molecule has 0 aromatic carbocycles. The van der Waals surface area contributed by atoms with Crippen molar-refractivity contribution in [3.05, 3.63) is 22.9 Å². The van der Waals surface area contributed by atoms with Gasteiger partial charge in [0.25, 0.3) is 0 Å². The summed E-state index contributed by atoms with van der Waals surface area (Å²) in [4.78, 5) is 16.2. The second-order valence-corrected chi connectivity index (χ2v) is 5.54. The number of anilines is 1. The Morgan fingerprint density at radius 1 is 1.44 bits per heavy atom. The van der Waals surface area contributed by atoms with Crippen molar-refractivity contribution in [2.45, 2.75) is 25.7 Å². The molecule has 18 heavy (non-hydrogen) atoms. The fourth-order valence-corrected chi connectivity index (χ4v) is 2.72. The normalized spacial score (nSPS) is 23.7. The molecule has 0 atom stereocenters. The van der Waals surface area contributed by atoms with E-state index >= 15 is 0 Å². The average Bonchev–Trinajstić information content (AvgIpc) is 2.41. The molecule has 1 aliphatic rings. The summed E-state index contributed by atoms with van der Waals surface area (Å²) in [5.41, 5.74) is 6.39. The minimum Gasteiger partial charge on any atom is -0.330 e. The Morgan fingerprint density at radius 3 is 2.78 bits per heavy atom. The highest BCUT2D eigenvalue weighted by atomic mass is 79.9. The summed E-state index contributed by atoms with van der Waals surface area (Å²) in [6.07, 6.45) is 5.68. The first-order valence-corrected chi connectivity index (χ1v) is 7.11. The highest BCUT2D eigenvalue weighted by Crippen LogP contribution is 2.29. The number of carbonyl (C=O) groups is 1. The maximum absolute atomic E-state index is 12.1. The van der Waals surface area contributed by atoms with Crippen LogP contribution < -0.4 is 11.1 Å². The summed E-state index contributed by atoms with van der Waals surface area (Å²) in [6, 6.07) is 3.66. The van der Waals surface area contributed by atoms with E-state index in [1.807, 2.05) is 12.1 Å². The third kappa shape index (κ3) is 3.29. The maximum atomic E-state index is 12.1. The van der Waals surface area contributed by atoms with E-state index in [0.717, 1.165) is 37.9 Å². The number of nitrogens with one attached hydrogen (secondary N) is 1. The molecule has 1 heterocycles. The van der Waals surface area contributed by atoms with Crippen molar-refractivity contribution < 1.29 is 4.79 Å². The fraction of sp³-hybridized carbons (Fsp3) is 0.538. The molecule has 0 unspecified atom stereocenters. The predicted molar refractivity (Wildman–Crippen MR) is 75.1 cm³/mol. The summed E-state index contributed by atoms with van der Waals surface area (Å²) in [6.45, 7) is 0.739. The minimum atomic E-state index is 0.0965. The Balaban J connectivity index is 1.91. The first-order chi connectivity index (χ1) is 8.70. The maximum Gasteiger partial charge on any atom is 0.227 e. The molecule has 0 bridgehead atoms. The Kier molecular flexibility index (Phi) is 4.72. The molecule has 1 aliphatic carbocycles. The third-order valence-corrected chi connectivity index (χ3v) is 4.20. The van der Waals surface area contributed by atoms with Gasteiger partial charge in [-0.2, -0.15) is 0 Å². The van der Waals surface area contributed by atoms with Crippen LogP contribution in [0.5, 0.6) is 0 Å². The Morgan fingerprint density at radius 2 is 2.17 bits per heavy atom. The smallest absolute Gasteiger partial charge is 0.227 e. The van der Waals surface area contributed by atoms with Gasteiger partial charge in [0.1, 0.15) is 4.60 Å². The van der Waals surface area contributed by atoms with Gasteiger partial charge in [-0.15, -0.1) is 0 Å². The lowest BCUT2D eigenvalue weighted by Gasteiger charge is -2.26. The highest BCUT2D eigenvalue weighted by Gasteiger charge is 2.25. The number of halogens is 1. The predicted octanol–water partition coefficient (Wildman–Crippen LogP) is 2.55. The number of nitrogens with two attached hydrogens (primary N) is 1. The molecule has 0 saturated heterocycles. The van der Waals surface area contributed by atoms with Crippen molar-refractivity contribution in [3.8, 4) is 0 Å². The van der Waals surface area contributed by atoms with Crippen molar-refractivity contribution >= 4 is 27.5 Å².